The third-order valence-corrected chi connectivity index (χ3v) is 18.5. The van der Waals surface area contributed by atoms with E-state index in [0.717, 1.165) is 151 Å². The van der Waals surface area contributed by atoms with Gasteiger partial charge in [-0.2, -0.15) is 8.42 Å². The van der Waals surface area contributed by atoms with Crippen LogP contribution >= 0.6 is 0 Å². The van der Waals surface area contributed by atoms with Gasteiger partial charge in [0.15, 0.2) is 0 Å². The number of aromatic hydroxyl groups is 1. The Morgan fingerprint density at radius 1 is 0.571 bits per heavy atom. The minimum Gasteiger partial charge on any atom is -0.508 e. The standard InChI is InChI=1S/C28H37NO3.C21H25NO3.C9H18O3S/c1-26(2)9-7-23(8-10-26)32-24-6-5-21-17-20(3-4-22(21)18-24)19-29-28-14-11-27(12-15-28,13-16-28)25(30)31;1-25-19(24)20-6-9-21(10-7-20,11-8-20)22-14-15-2-3-17-13-18(23)5-4-16(17)12-15;1-9(2)6-4-8(5-7-9)12-13(3,10)11/h3-6,17-18,23,29H,7-16,19H2,1-2H3,(H,30,31);2-5,12-13,22-23H,6-11,14H2,1H3;8H,4-7H2,1-3H3. The number of aliphatic carboxylic acids is 1. The number of hydrogen-bond donors (Lipinski definition) is 4. The topological polar surface area (TPSA) is 160 Å². The molecule has 0 atom stereocenters. The predicted molar refractivity (Wildman–Crippen MR) is 277 cm³/mol. The number of rotatable bonds is 12. The first-order valence-electron chi connectivity index (χ1n) is 26.2. The van der Waals surface area contributed by atoms with Crippen LogP contribution in [0.25, 0.3) is 21.5 Å². The molecular formula is C58H80N2O9S. The van der Waals surface area contributed by atoms with Crippen molar-refractivity contribution < 1.29 is 41.9 Å². The molecule has 0 amide bonds. The van der Waals surface area contributed by atoms with E-state index in [1.54, 1.807) is 12.1 Å². The van der Waals surface area contributed by atoms with Crippen LogP contribution in [0, 0.1) is 21.7 Å². The van der Waals surface area contributed by atoms with Gasteiger partial charge in [0.2, 0.25) is 0 Å². The van der Waals surface area contributed by atoms with E-state index in [2.05, 4.69) is 92.9 Å². The quantitative estimate of drug-likeness (QED) is 0.0790. The largest absolute Gasteiger partial charge is 0.508 e. The summed E-state index contributed by atoms with van der Waals surface area (Å²) in [5.41, 5.74) is 2.99. The van der Waals surface area contributed by atoms with Crippen LogP contribution in [0.5, 0.6) is 11.5 Å². The molecule has 0 aliphatic heterocycles. The number of phenolic OH excluding ortho intramolecular Hbond substituents is 1. The van der Waals surface area contributed by atoms with Gasteiger partial charge in [-0.3, -0.25) is 13.8 Å². The predicted octanol–water partition coefficient (Wildman–Crippen LogP) is 12.3. The maximum atomic E-state index is 12.1. The normalized spacial score (nSPS) is 28.3. The highest BCUT2D eigenvalue weighted by Crippen LogP contribution is 2.54. The van der Waals surface area contributed by atoms with Crippen molar-refractivity contribution in [2.24, 2.45) is 21.7 Å². The van der Waals surface area contributed by atoms with Crippen LogP contribution in [0.4, 0.5) is 0 Å². The maximum Gasteiger partial charge on any atom is 0.311 e. The number of carbonyl (C=O) groups excluding carboxylic acids is 1. The average Bonchev–Trinajstić information content (AvgIpc) is 3.35. The van der Waals surface area contributed by atoms with Crippen molar-refractivity contribution in [3.05, 3.63) is 83.9 Å². The van der Waals surface area contributed by atoms with Crippen LogP contribution in [0.3, 0.4) is 0 Å². The Balaban J connectivity index is 0.000000154. The van der Waals surface area contributed by atoms with E-state index in [1.165, 1.54) is 41.9 Å². The number of methoxy groups -OCH3 is 1. The minimum atomic E-state index is -3.26. The van der Waals surface area contributed by atoms with Gasteiger partial charge in [0.05, 0.1) is 36.4 Å². The fraction of sp³-hybridized carbons (Fsp3) is 0.621. The van der Waals surface area contributed by atoms with Crippen molar-refractivity contribution in [2.45, 2.75) is 192 Å². The second-order valence-corrected chi connectivity index (χ2v) is 25.6. The Morgan fingerprint density at radius 3 is 1.44 bits per heavy atom. The lowest BCUT2D eigenvalue weighted by molar-refractivity contribution is -0.160. The van der Waals surface area contributed by atoms with Crippen LogP contribution in [-0.2, 0) is 41.7 Å². The summed E-state index contributed by atoms with van der Waals surface area (Å²) in [5, 5.41) is 31.5. The van der Waals surface area contributed by atoms with E-state index in [0.29, 0.717) is 22.7 Å². The van der Waals surface area contributed by atoms with Crippen molar-refractivity contribution in [2.75, 3.05) is 13.4 Å². The third kappa shape index (κ3) is 12.7. The molecule has 382 valence electrons. The summed E-state index contributed by atoms with van der Waals surface area (Å²) in [4.78, 5) is 23.8. The lowest BCUT2D eigenvalue weighted by atomic mass is 9.57. The Kier molecular flexibility index (Phi) is 15.4. The monoisotopic (exact) mass is 981 g/mol. The highest BCUT2D eigenvalue weighted by molar-refractivity contribution is 7.86. The molecule has 8 aliphatic rings. The van der Waals surface area contributed by atoms with Gasteiger partial charge in [0.25, 0.3) is 10.1 Å². The third-order valence-electron chi connectivity index (χ3n) is 17.9. The number of benzene rings is 4. The van der Waals surface area contributed by atoms with E-state index in [9.17, 15) is 28.2 Å². The molecule has 12 heteroatoms. The molecule has 11 nitrogen and oxygen atoms in total. The lowest BCUT2D eigenvalue weighted by Gasteiger charge is -2.52. The number of esters is 1. The second-order valence-electron chi connectivity index (χ2n) is 24.0. The number of phenols is 1. The molecule has 12 rings (SSSR count). The molecular weight excluding hydrogens is 901 g/mol. The summed E-state index contributed by atoms with van der Waals surface area (Å²) in [6.45, 7) is 10.8. The van der Waals surface area contributed by atoms with Crippen molar-refractivity contribution in [1.29, 1.82) is 0 Å². The smallest absolute Gasteiger partial charge is 0.311 e. The zero-order chi connectivity index (χ0) is 50.0. The Morgan fingerprint density at radius 2 is 0.986 bits per heavy atom. The number of nitrogens with one attached hydrogen (secondary N) is 2. The number of carbonyl (C=O) groups is 2. The summed E-state index contributed by atoms with van der Waals surface area (Å²) < 4.78 is 38.0. The van der Waals surface area contributed by atoms with Gasteiger partial charge in [-0.05, 0) is 208 Å². The first-order valence-corrected chi connectivity index (χ1v) is 28.0. The first kappa shape index (κ1) is 52.1. The fourth-order valence-electron chi connectivity index (χ4n) is 12.6. The summed E-state index contributed by atoms with van der Waals surface area (Å²) in [7, 11) is -1.76. The molecule has 4 bridgehead atoms. The highest BCUT2D eigenvalue weighted by atomic mass is 32.2. The molecule has 0 saturated heterocycles. The molecule has 70 heavy (non-hydrogen) atoms. The molecule has 4 aromatic rings. The van der Waals surface area contributed by atoms with Crippen LogP contribution in [0.2, 0.25) is 0 Å². The summed E-state index contributed by atoms with van der Waals surface area (Å²) in [6, 6.07) is 25.0. The van der Waals surface area contributed by atoms with Gasteiger partial charge >= 0.3 is 11.9 Å². The van der Waals surface area contributed by atoms with Crippen molar-refractivity contribution >= 4 is 43.6 Å². The second kappa shape index (κ2) is 20.7. The van der Waals surface area contributed by atoms with Gasteiger partial charge in [-0.25, -0.2) is 0 Å². The summed E-state index contributed by atoms with van der Waals surface area (Å²) >= 11 is 0. The number of hydrogen-bond acceptors (Lipinski definition) is 10. The Hall–Kier alpha value is -4.23. The SMILES string of the molecule is CC1(C)CCC(OS(C)(=O)=O)CC1.CC1(C)CCC(Oc2ccc3cc(CNC45CCC(C(=O)O)(CC4)CC5)ccc3c2)CC1.COC(=O)C12CCC(NCc3ccc4cc(O)ccc4c3)(CC1)CC2. The Bertz CT molecular complexity index is 2550. The van der Waals surface area contributed by atoms with E-state index in [-0.39, 0.29) is 28.6 Å². The molecule has 0 heterocycles. The number of fused-ring (bicyclic) bond motifs is 8. The number of carboxylic acids is 1. The molecule has 0 aromatic heterocycles. The number of carboxylic acid groups (broad SMARTS) is 1. The maximum absolute atomic E-state index is 12.1. The Labute approximate surface area is 417 Å². The van der Waals surface area contributed by atoms with Crippen LogP contribution in [-0.4, -0.2) is 67.2 Å². The van der Waals surface area contributed by atoms with E-state index < -0.39 is 21.5 Å². The minimum absolute atomic E-state index is 0.0152. The van der Waals surface area contributed by atoms with Gasteiger partial charge in [0, 0.05) is 24.2 Å². The molecule has 8 aliphatic carbocycles. The van der Waals surface area contributed by atoms with Crippen molar-refractivity contribution in [1.82, 2.24) is 10.6 Å². The van der Waals surface area contributed by atoms with Gasteiger partial charge in [-0.15, -0.1) is 0 Å². The summed E-state index contributed by atoms with van der Waals surface area (Å²) in [5.74, 6) is 0.684. The zero-order valence-electron chi connectivity index (χ0n) is 42.8. The zero-order valence-corrected chi connectivity index (χ0v) is 43.6. The molecule has 4 N–H and O–H groups in total. The molecule has 8 saturated carbocycles. The molecule has 8 fully saturated rings. The van der Waals surface area contributed by atoms with Crippen LogP contribution in [0.15, 0.2) is 72.8 Å². The fourth-order valence-corrected chi connectivity index (χ4v) is 13.3. The highest BCUT2D eigenvalue weighted by Gasteiger charge is 2.53. The van der Waals surface area contributed by atoms with Crippen molar-refractivity contribution in [3.8, 4) is 11.5 Å². The van der Waals surface area contributed by atoms with Crippen molar-refractivity contribution in [3.63, 3.8) is 0 Å². The average molecular weight is 981 g/mol. The van der Waals surface area contributed by atoms with Gasteiger partial charge in [-0.1, -0.05) is 64.1 Å². The summed E-state index contributed by atoms with van der Waals surface area (Å²) in [6.07, 6.45) is 21.3. The van der Waals surface area contributed by atoms with E-state index >= 15 is 0 Å². The number of ether oxygens (including phenoxy) is 2. The van der Waals surface area contributed by atoms with Gasteiger partial charge < -0.3 is 30.3 Å². The van der Waals surface area contributed by atoms with E-state index in [4.69, 9.17) is 13.7 Å². The van der Waals surface area contributed by atoms with Crippen LogP contribution in [0.1, 0.15) is 167 Å². The lowest BCUT2D eigenvalue weighted by Crippen LogP contribution is -2.56. The first-order chi connectivity index (χ1) is 33.1. The van der Waals surface area contributed by atoms with E-state index in [1.807, 2.05) is 6.07 Å². The molecule has 0 unspecified atom stereocenters. The molecule has 4 aromatic carbocycles. The van der Waals surface area contributed by atoms with Gasteiger partial charge in [0.1, 0.15) is 11.5 Å². The molecule has 0 radical (unpaired) electrons. The van der Waals surface area contributed by atoms with Crippen LogP contribution < -0.4 is 15.4 Å². The molecule has 0 spiro atoms.